The van der Waals surface area contributed by atoms with Crippen LogP contribution in [0.4, 0.5) is 0 Å². The van der Waals surface area contributed by atoms with Gasteiger partial charge in [0.2, 0.25) is 0 Å². The third-order valence-corrected chi connectivity index (χ3v) is 2.14. The molecule has 80 valence electrons. The molecule has 0 fully saturated rings. The van der Waals surface area contributed by atoms with Gasteiger partial charge in [-0.15, -0.1) is 0 Å². The molecule has 15 heavy (non-hydrogen) atoms. The smallest absolute Gasteiger partial charge is 0.0750 e. The van der Waals surface area contributed by atoms with E-state index < -0.39 is 12.1 Å². The van der Waals surface area contributed by atoms with Gasteiger partial charge in [-0.25, -0.2) is 0 Å². The Balaban J connectivity index is 2.48. The first-order chi connectivity index (χ1) is 7.24. The summed E-state index contributed by atoms with van der Waals surface area (Å²) in [6.07, 6.45) is -0.218. The normalized spacial score (nSPS) is 14.0. The second kappa shape index (κ2) is 6.03. The number of azide groups is 1. The van der Waals surface area contributed by atoms with Gasteiger partial charge in [-0.2, -0.15) is 0 Å². The lowest BCUT2D eigenvalue weighted by atomic mass is 10.0. The van der Waals surface area contributed by atoms with Gasteiger partial charge in [0, 0.05) is 11.0 Å². The molecule has 1 aromatic rings. The molecule has 0 unspecified atom stereocenters. The van der Waals surface area contributed by atoms with Crippen molar-refractivity contribution in [1.29, 1.82) is 0 Å². The van der Waals surface area contributed by atoms with Crippen molar-refractivity contribution in [2.45, 2.75) is 18.6 Å². The Kier molecular flexibility index (Phi) is 4.63. The van der Waals surface area contributed by atoms with Crippen molar-refractivity contribution in [2.24, 2.45) is 10.8 Å². The van der Waals surface area contributed by atoms with Gasteiger partial charge in [0.25, 0.3) is 0 Å². The maximum Gasteiger partial charge on any atom is 0.0750 e. The second-order valence-corrected chi connectivity index (χ2v) is 3.33. The molecule has 1 aromatic carbocycles. The van der Waals surface area contributed by atoms with E-state index in [1.807, 2.05) is 30.3 Å². The number of benzene rings is 1. The van der Waals surface area contributed by atoms with Crippen molar-refractivity contribution >= 4 is 0 Å². The van der Waals surface area contributed by atoms with Crippen LogP contribution in [0.2, 0.25) is 0 Å². The number of rotatable bonds is 5. The lowest BCUT2D eigenvalue weighted by Gasteiger charge is -2.16. The van der Waals surface area contributed by atoms with Gasteiger partial charge < -0.3 is 10.8 Å². The summed E-state index contributed by atoms with van der Waals surface area (Å²) < 4.78 is 0. The minimum absolute atomic E-state index is 0.0184. The summed E-state index contributed by atoms with van der Waals surface area (Å²) in [6, 6.07) is 9.24. The van der Waals surface area contributed by atoms with Gasteiger partial charge in [-0.05, 0) is 17.5 Å². The highest BCUT2D eigenvalue weighted by molar-refractivity contribution is 5.16. The predicted octanol–water partition coefficient (Wildman–Crippen LogP) is 1.23. The van der Waals surface area contributed by atoms with Crippen LogP contribution in [0, 0.1) is 0 Å². The lowest BCUT2D eigenvalue weighted by molar-refractivity contribution is 0.152. The fraction of sp³-hybridized carbons (Fsp3) is 0.400. The third-order valence-electron chi connectivity index (χ3n) is 2.14. The van der Waals surface area contributed by atoms with Crippen LogP contribution in [0.3, 0.4) is 0 Å². The average Bonchev–Trinajstić information content (AvgIpc) is 2.27. The molecule has 0 aliphatic heterocycles. The maximum absolute atomic E-state index is 9.52. The van der Waals surface area contributed by atoms with Crippen LogP contribution in [0.1, 0.15) is 5.56 Å². The van der Waals surface area contributed by atoms with Crippen molar-refractivity contribution < 1.29 is 5.11 Å². The summed E-state index contributed by atoms with van der Waals surface area (Å²) in [6.45, 7) is 0.0184. The molecule has 0 spiro atoms. The summed E-state index contributed by atoms with van der Waals surface area (Å²) in [5, 5.41) is 12.8. The number of nitrogens with two attached hydrogens (primary N) is 1. The van der Waals surface area contributed by atoms with Crippen molar-refractivity contribution in [2.75, 3.05) is 6.54 Å². The van der Waals surface area contributed by atoms with E-state index in [2.05, 4.69) is 10.0 Å². The molecule has 0 heterocycles. The molecular formula is C10H14N4O. The Bertz CT molecular complexity index is 335. The molecular weight excluding hydrogens is 192 g/mol. The van der Waals surface area contributed by atoms with Crippen molar-refractivity contribution in [1.82, 2.24) is 0 Å². The van der Waals surface area contributed by atoms with Crippen molar-refractivity contribution in [3.05, 3.63) is 46.3 Å². The Morgan fingerprint density at radius 1 is 1.40 bits per heavy atom. The van der Waals surface area contributed by atoms with E-state index >= 15 is 0 Å². The third kappa shape index (κ3) is 3.99. The van der Waals surface area contributed by atoms with E-state index in [4.69, 9.17) is 11.3 Å². The standard InChI is InChI=1S/C10H14N4O/c11-9(10(15)7-13-14-12)6-8-4-2-1-3-5-8/h1-5,9-10,15H,6-7,11H2/t9-,10+/m0/s1. The van der Waals surface area contributed by atoms with Crippen LogP contribution in [0.5, 0.6) is 0 Å². The molecule has 0 saturated heterocycles. The van der Waals surface area contributed by atoms with Gasteiger partial charge in [-0.1, -0.05) is 35.4 Å². The highest BCUT2D eigenvalue weighted by atomic mass is 16.3. The van der Waals surface area contributed by atoms with Crippen LogP contribution in [0.15, 0.2) is 35.4 Å². The Morgan fingerprint density at radius 3 is 2.67 bits per heavy atom. The number of nitrogens with zero attached hydrogens (tertiary/aromatic N) is 3. The molecule has 0 aliphatic carbocycles. The maximum atomic E-state index is 9.52. The quantitative estimate of drug-likeness (QED) is 0.430. The Morgan fingerprint density at radius 2 is 2.07 bits per heavy atom. The second-order valence-electron chi connectivity index (χ2n) is 3.33. The topological polar surface area (TPSA) is 95.0 Å². The van der Waals surface area contributed by atoms with Crippen LogP contribution < -0.4 is 5.73 Å². The van der Waals surface area contributed by atoms with Crippen LogP contribution in [-0.2, 0) is 6.42 Å². The molecule has 0 radical (unpaired) electrons. The molecule has 3 N–H and O–H groups in total. The van der Waals surface area contributed by atoms with Gasteiger partial charge in [0.1, 0.15) is 0 Å². The minimum atomic E-state index is -0.791. The van der Waals surface area contributed by atoms with Crippen LogP contribution in [0.25, 0.3) is 10.4 Å². The summed E-state index contributed by atoms with van der Waals surface area (Å²) in [5.41, 5.74) is 14.9. The Labute approximate surface area is 88.2 Å². The van der Waals surface area contributed by atoms with Crippen molar-refractivity contribution in [3.8, 4) is 0 Å². The summed E-state index contributed by atoms with van der Waals surface area (Å²) >= 11 is 0. The van der Waals surface area contributed by atoms with Crippen LogP contribution >= 0.6 is 0 Å². The zero-order valence-corrected chi connectivity index (χ0v) is 8.32. The number of aliphatic hydroxyl groups excluding tert-OH is 1. The number of hydrogen-bond donors (Lipinski definition) is 2. The highest BCUT2D eigenvalue weighted by Gasteiger charge is 2.13. The average molecular weight is 206 g/mol. The molecule has 0 amide bonds. The zero-order valence-electron chi connectivity index (χ0n) is 8.32. The van der Waals surface area contributed by atoms with E-state index in [0.717, 1.165) is 5.56 Å². The van der Waals surface area contributed by atoms with Crippen LogP contribution in [-0.4, -0.2) is 23.8 Å². The lowest BCUT2D eigenvalue weighted by Crippen LogP contribution is -2.38. The molecule has 5 nitrogen and oxygen atoms in total. The van der Waals surface area contributed by atoms with E-state index in [-0.39, 0.29) is 6.54 Å². The van der Waals surface area contributed by atoms with E-state index in [0.29, 0.717) is 6.42 Å². The largest absolute Gasteiger partial charge is 0.391 e. The van der Waals surface area contributed by atoms with Gasteiger partial charge in [0.05, 0.1) is 12.6 Å². The highest BCUT2D eigenvalue weighted by Crippen LogP contribution is 2.04. The summed E-state index contributed by atoms with van der Waals surface area (Å²) in [5.74, 6) is 0. The molecule has 5 heteroatoms. The first kappa shape index (κ1) is 11.5. The van der Waals surface area contributed by atoms with Crippen molar-refractivity contribution in [3.63, 3.8) is 0 Å². The van der Waals surface area contributed by atoms with Gasteiger partial charge in [-0.3, -0.25) is 0 Å². The zero-order chi connectivity index (χ0) is 11.1. The van der Waals surface area contributed by atoms with E-state index in [1.165, 1.54) is 0 Å². The monoisotopic (exact) mass is 206 g/mol. The first-order valence-corrected chi connectivity index (χ1v) is 4.72. The SMILES string of the molecule is [N-]=[N+]=NC[C@@H](O)[C@@H](N)Cc1ccccc1. The van der Waals surface area contributed by atoms with Gasteiger partial charge >= 0.3 is 0 Å². The molecule has 0 aliphatic rings. The molecule has 0 aromatic heterocycles. The van der Waals surface area contributed by atoms with Gasteiger partial charge in [0.15, 0.2) is 0 Å². The Hall–Kier alpha value is -1.55. The number of aliphatic hydroxyl groups is 1. The number of hydrogen-bond acceptors (Lipinski definition) is 3. The van der Waals surface area contributed by atoms with E-state index in [1.54, 1.807) is 0 Å². The summed E-state index contributed by atoms with van der Waals surface area (Å²) in [4.78, 5) is 2.57. The fourth-order valence-electron chi connectivity index (χ4n) is 1.28. The van der Waals surface area contributed by atoms with E-state index in [9.17, 15) is 5.11 Å². The summed E-state index contributed by atoms with van der Waals surface area (Å²) in [7, 11) is 0. The molecule has 1 rings (SSSR count). The fourth-order valence-corrected chi connectivity index (χ4v) is 1.28. The predicted molar refractivity (Wildman–Crippen MR) is 58.1 cm³/mol. The molecule has 0 bridgehead atoms. The first-order valence-electron chi connectivity index (χ1n) is 4.72. The molecule has 2 atom stereocenters. The minimum Gasteiger partial charge on any atom is -0.391 e. The molecule has 0 saturated carbocycles.